The molecule has 0 saturated heterocycles. The molecule has 0 amide bonds. The maximum atomic E-state index is 13.1. The molecule has 0 aromatic carbocycles. The van der Waals surface area contributed by atoms with E-state index >= 15 is 0 Å². The van der Waals surface area contributed by atoms with Crippen molar-refractivity contribution in [3.8, 4) is 0 Å². The zero-order valence-corrected chi connectivity index (χ0v) is 62.6. The summed E-state index contributed by atoms with van der Waals surface area (Å²) in [6.07, 6.45) is 68.9. The van der Waals surface area contributed by atoms with Gasteiger partial charge in [-0.05, 0) is 109 Å². The minimum atomic E-state index is -4.97. The molecule has 0 heterocycles. The van der Waals surface area contributed by atoms with Gasteiger partial charge in [0, 0.05) is 25.7 Å². The van der Waals surface area contributed by atoms with E-state index < -0.39 is 97.5 Å². The summed E-state index contributed by atoms with van der Waals surface area (Å²) in [5.41, 5.74) is 0. The highest BCUT2D eigenvalue weighted by molar-refractivity contribution is 7.47. The zero-order valence-electron chi connectivity index (χ0n) is 60.8. The van der Waals surface area contributed by atoms with Gasteiger partial charge in [-0.1, -0.05) is 274 Å². The number of allylic oxidation sites excluding steroid dienone is 12. The summed E-state index contributed by atoms with van der Waals surface area (Å²) in [5.74, 6) is -2.19. The summed E-state index contributed by atoms with van der Waals surface area (Å²) in [6.45, 7) is 4.69. The second-order valence-corrected chi connectivity index (χ2v) is 28.5. The molecule has 5 unspecified atom stereocenters. The topological polar surface area (TPSA) is 237 Å². The van der Waals surface area contributed by atoms with E-state index in [1.165, 1.54) is 89.9 Å². The zero-order chi connectivity index (χ0) is 70.4. The third-order valence-electron chi connectivity index (χ3n) is 16.1. The minimum Gasteiger partial charge on any atom is -0.462 e. The van der Waals surface area contributed by atoms with Crippen molar-refractivity contribution >= 4 is 39.5 Å². The second-order valence-electron chi connectivity index (χ2n) is 25.6. The van der Waals surface area contributed by atoms with Gasteiger partial charge in [0.25, 0.3) is 0 Å². The molecule has 0 aromatic heterocycles. The van der Waals surface area contributed by atoms with Crippen molar-refractivity contribution in [2.75, 3.05) is 39.6 Å². The number of aliphatic hydroxyl groups is 1. The molecule has 96 heavy (non-hydrogen) atoms. The van der Waals surface area contributed by atoms with Crippen LogP contribution < -0.4 is 0 Å². The Morgan fingerprint density at radius 1 is 0.302 bits per heavy atom. The molecule has 0 radical (unpaired) electrons. The summed E-state index contributed by atoms with van der Waals surface area (Å²) >= 11 is 0. The van der Waals surface area contributed by atoms with Gasteiger partial charge >= 0.3 is 39.5 Å². The summed E-state index contributed by atoms with van der Waals surface area (Å²) < 4.78 is 68.4. The van der Waals surface area contributed by atoms with Gasteiger partial charge in [-0.2, -0.15) is 0 Å². The predicted molar refractivity (Wildman–Crippen MR) is 390 cm³/mol. The summed E-state index contributed by atoms with van der Waals surface area (Å²) in [5, 5.41) is 10.6. The van der Waals surface area contributed by atoms with Gasteiger partial charge in [0.15, 0.2) is 12.2 Å². The smallest absolute Gasteiger partial charge is 0.462 e. The highest BCUT2D eigenvalue weighted by Gasteiger charge is 2.30. The van der Waals surface area contributed by atoms with Crippen molar-refractivity contribution in [2.24, 2.45) is 0 Å². The molecular weight excluding hydrogens is 1260 g/mol. The Hall–Kier alpha value is -3.50. The van der Waals surface area contributed by atoms with Crippen LogP contribution in [0.25, 0.3) is 0 Å². The SMILES string of the molecule is CC/C=C\C/C=C\C/C=C\CCCCCCCC(=O)OCC(COP(=O)(O)OCC(O)COP(=O)(O)OCC(COC(=O)CCCCCCC/C=C\CCCCCCCC)OC(=O)CCCCCCCCCCCCCCC)OC(=O)CCCCCCC/C=C\C/C=C\CCC. The summed E-state index contributed by atoms with van der Waals surface area (Å²) in [4.78, 5) is 72.8. The van der Waals surface area contributed by atoms with Crippen LogP contribution in [0.2, 0.25) is 0 Å². The number of esters is 4. The van der Waals surface area contributed by atoms with Crippen LogP contribution in [0.15, 0.2) is 72.9 Å². The predicted octanol–water partition coefficient (Wildman–Crippen LogP) is 21.7. The number of hydrogen-bond acceptors (Lipinski definition) is 15. The molecular formula is C77H138O17P2. The average Bonchev–Trinajstić information content (AvgIpc) is 1.14. The van der Waals surface area contributed by atoms with Crippen LogP contribution in [0, 0.1) is 0 Å². The maximum absolute atomic E-state index is 13.1. The first-order valence-corrected chi connectivity index (χ1v) is 41.2. The normalized spacial score (nSPS) is 14.4. The largest absolute Gasteiger partial charge is 0.472 e. The molecule has 5 atom stereocenters. The third kappa shape index (κ3) is 69.0. The molecule has 558 valence electrons. The molecule has 19 heteroatoms. The van der Waals surface area contributed by atoms with Crippen LogP contribution in [0.1, 0.15) is 336 Å². The summed E-state index contributed by atoms with van der Waals surface area (Å²) in [6, 6.07) is 0. The number of phosphoric acid groups is 2. The Morgan fingerprint density at radius 3 is 0.885 bits per heavy atom. The summed E-state index contributed by atoms with van der Waals surface area (Å²) in [7, 11) is -9.94. The van der Waals surface area contributed by atoms with E-state index in [-0.39, 0.29) is 25.7 Å². The van der Waals surface area contributed by atoms with E-state index in [0.29, 0.717) is 25.7 Å². The van der Waals surface area contributed by atoms with Crippen molar-refractivity contribution in [3.63, 3.8) is 0 Å². The molecule has 0 aliphatic carbocycles. The van der Waals surface area contributed by atoms with Crippen molar-refractivity contribution in [1.82, 2.24) is 0 Å². The molecule has 0 bridgehead atoms. The van der Waals surface area contributed by atoms with Crippen LogP contribution in [-0.2, 0) is 65.4 Å². The molecule has 0 spiro atoms. The van der Waals surface area contributed by atoms with Crippen molar-refractivity contribution in [1.29, 1.82) is 0 Å². The van der Waals surface area contributed by atoms with Crippen LogP contribution in [-0.4, -0.2) is 96.7 Å². The Bertz CT molecular complexity index is 2110. The van der Waals surface area contributed by atoms with Gasteiger partial charge in [0.05, 0.1) is 26.4 Å². The minimum absolute atomic E-state index is 0.0766. The Labute approximate surface area is 583 Å². The van der Waals surface area contributed by atoms with Gasteiger partial charge in [-0.3, -0.25) is 37.3 Å². The van der Waals surface area contributed by atoms with Crippen molar-refractivity contribution < 1.29 is 80.2 Å². The van der Waals surface area contributed by atoms with Crippen LogP contribution in [0.3, 0.4) is 0 Å². The molecule has 3 N–H and O–H groups in total. The van der Waals surface area contributed by atoms with Crippen LogP contribution >= 0.6 is 15.6 Å². The van der Waals surface area contributed by atoms with Crippen molar-refractivity contribution in [3.05, 3.63) is 72.9 Å². The van der Waals surface area contributed by atoms with Gasteiger partial charge in [-0.15, -0.1) is 0 Å². The number of carbonyl (C=O) groups excluding carboxylic acids is 4. The van der Waals surface area contributed by atoms with Gasteiger partial charge in [0.2, 0.25) is 0 Å². The lowest BCUT2D eigenvalue weighted by Gasteiger charge is -2.21. The number of unbranched alkanes of at least 4 members (excludes halogenated alkanes) is 34. The first-order valence-electron chi connectivity index (χ1n) is 38.2. The first kappa shape index (κ1) is 92.5. The number of hydrogen-bond donors (Lipinski definition) is 3. The van der Waals surface area contributed by atoms with E-state index in [0.717, 1.165) is 167 Å². The molecule has 17 nitrogen and oxygen atoms in total. The lowest BCUT2D eigenvalue weighted by molar-refractivity contribution is -0.161. The Kier molecular flexibility index (Phi) is 67.4. The second kappa shape index (κ2) is 70.0. The van der Waals surface area contributed by atoms with Crippen LogP contribution in [0.4, 0.5) is 0 Å². The Morgan fingerprint density at radius 2 is 0.562 bits per heavy atom. The first-order chi connectivity index (χ1) is 46.7. The molecule has 0 aliphatic heterocycles. The quantitative estimate of drug-likeness (QED) is 0.0169. The fourth-order valence-corrected chi connectivity index (χ4v) is 11.9. The molecule has 0 aliphatic rings. The lowest BCUT2D eigenvalue weighted by Crippen LogP contribution is -2.30. The van der Waals surface area contributed by atoms with E-state index in [1.807, 2.05) is 0 Å². The van der Waals surface area contributed by atoms with E-state index in [2.05, 4.69) is 101 Å². The highest BCUT2D eigenvalue weighted by atomic mass is 31.2. The van der Waals surface area contributed by atoms with E-state index in [9.17, 15) is 43.2 Å². The monoisotopic (exact) mass is 1400 g/mol. The number of ether oxygens (including phenoxy) is 4. The van der Waals surface area contributed by atoms with Crippen LogP contribution in [0.5, 0.6) is 0 Å². The fourth-order valence-electron chi connectivity index (χ4n) is 10.3. The standard InChI is InChI=1S/C77H138O17P2/c1-5-9-13-17-21-25-29-33-35-39-41-45-49-53-57-61-74(79)87-67-72(93-76(81)63-59-55-51-47-43-37-31-27-23-19-15-11-7-3)69-91-95(83,84)89-65-71(78)66-90-96(85,86)92-70-73(94-77(82)64-60-56-52-48-44-38-32-28-24-20-16-12-8-4)68-88-75(80)62-58-54-50-46-42-40-36-34-30-26-22-18-14-10-6-2/h9,13,15,19,21,25,27,31,33-36,71-73,78H,5-8,10-12,14,16-18,20,22-24,26,28-30,32,37-70H2,1-4H3,(H,83,84)(H,85,86)/b13-9-,19-15-,25-21-,31-27-,35-33-,36-34-. The van der Waals surface area contributed by atoms with Gasteiger partial charge in [0.1, 0.15) is 19.3 Å². The lowest BCUT2D eigenvalue weighted by atomic mass is 10.0. The molecule has 0 rings (SSSR count). The molecule has 0 saturated carbocycles. The molecule has 0 aromatic rings. The van der Waals surface area contributed by atoms with E-state index in [1.54, 1.807) is 0 Å². The molecule has 0 fully saturated rings. The third-order valence-corrected chi connectivity index (χ3v) is 18.0. The van der Waals surface area contributed by atoms with Gasteiger partial charge in [-0.25, -0.2) is 9.13 Å². The van der Waals surface area contributed by atoms with Gasteiger partial charge < -0.3 is 33.8 Å². The maximum Gasteiger partial charge on any atom is 0.472 e. The number of phosphoric ester groups is 2. The Balaban J connectivity index is 5.33. The number of carbonyl (C=O) groups is 4. The van der Waals surface area contributed by atoms with E-state index in [4.69, 9.17) is 37.0 Å². The number of aliphatic hydroxyl groups excluding tert-OH is 1. The van der Waals surface area contributed by atoms with Crippen molar-refractivity contribution in [2.45, 2.75) is 354 Å². The average molecular weight is 1400 g/mol. The fraction of sp³-hybridized carbons (Fsp3) is 0.792. The highest BCUT2D eigenvalue weighted by Crippen LogP contribution is 2.45. The number of rotatable bonds is 72.